The van der Waals surface area contributed by atoms with Crippen LogP contribution < -0.4 is 5.32 Å². The summed E-state index contributed by atoms with van der Waals surface area (Å²) in [5.74, 6) is -0.983. The number of aliphatic carboxylic acids is 1. The molecule has 0 radical (unpaired) electrons. The lowest BCUT2D eigenvalue weighted by molar-refractivity contribution is -0.136. The second kappa shape index (κ2) is 7.18. The Balaban J connectivity index is 2.02. The highest BCUT2D eigenvalue weighted by molar-refractivity contribution is 8.00. The van der Waals surface area contributed by atoms with Crippen molar-refractivity contribution in [2.24, 2.45) is 5.41 Å². The molecule has 1 unspecified atom stereocenters. The molecule has 1 amide bonds. The lowest BCUT2D eigenvalue weighted by Gasteiger charge is -2.16. The predicted octanol–water partition coefficient (Wildman–Crippen LogP) is 3.56. The summed E-state index contributed by atoms with van der Waals surface area (Å²) in [7, 11) is 0. The van der Waals surface area contributed by atoms with Gasteiger partial charge in [0.25, 0.3) is 5.91 Å². The van der Waals surface area contributed by atoms with E-state index in [0.29, 0.717) is 17.5 Å². The molecule has 0 bridgehead atoms. The Morgan fingerprint density at radius 2 is 2.05 bits per heavy atom. The van der Waals surface area contributed by atoms with Crippen molar-refractivity contribution in [3.05, 3.63) is 29.8 Å². The SMILES string of the molecule is CCCC1(CNC(=O)c2ccccc2SC(C)C(=O)O)CC1. The third-order valence-electron chi connectivity index (χ3n) is 4.14. The molecule has 1 aliphatic rings. The predicted molar refractivity (Wildman–Crippen MR) is 88.3 cm³/mol. The molecule has 4 nitrogen and oxygen atoms in total. The van der Waals surface area contributed by atoms with Gasteiger partial charge in [-0.2, -0.15) is 0 Å². The maximum atomic E-state index is 12.4. The summed E-state index contributed by atoms with van der Waals surface area (Å²) in [6.45, 7) is 4.51. The first-order chi connectivity index (χ1) is 10.5. The van der Waals surface area contributed by atoms with Gasteiger partial charge in [0.05, 0.1) is 5.56 Å². The second-order valence-corrected chi connectivity index (χ2v) is 7.41. The molecular formula is C17H23NO3S. The van der Waals surface area contributed by atoms with Crippen molar-refractivity contribution in [1.29, 1.82) is 0 Å². The van der Waals surface area contributed by atoms with Crippen LogP contribution in [0.3, 0.4) is 0 Å². The van der Waals surface area contributed by atoms with E-state index in [9.17, 15) is 9.59 Å². The van der Waals surface area contributed by atoms with Gasteiger partial charge in [-0.25, -0.2) is 0 Å². The molecule has 0 heterocycles. The minimum atomic E-state index is -0.875. The Bertz CT molecular complexity index is 555. The van der Waals surface area contributed by atoms with Gasteiger partial charge in [-0.3, -0.25) is 9.59 Å². The first-order valence-electron chi connectivity index (χ1n) is 7.74. The fourth-order valence-corrected chi connectivity index (χ4v) is 3.51. The maximum Gasteiger partial charge on any atom is 0.316 e. The average Bonchev–Trinajstić information content (AvgIpc) is 3.26. The lowest BCUT2D eigenvalue weighted by Crippen LogP contribution is -2.30. The zero-order valence-corrected chi connectivity index (χ0v) is 13.9. The van der Waals surface area contributed by atoms with Crippen LogP contribution in [0, 0.1) is 5.41 Å². The first kappa shape index (κ1) is 16.9. The molecule has 1 saturated carbocycles. The number of benzene rings is 1. The topological polar surface area (TPSA) is 66.4 Å². The summed E-state index contributed by atoms with van der Waals surface area (Å²) in [5, 5.41) is 11.5. The van der Waals surface area contributed by atoms with Crippen LogP contribution in [0.2, 0.25) is 0 Å². The Morgan fingerprint density at radius 3 is 2.64 bits per heavy atom. The average molecular weight is 321 g/mol. The van der Waals surface area contributed by atoms with Crippen molar-refractivity contribution in [1.82, 2.24) is 5.32 Å². The summed E-state index contributed by atoms with van der Waals surface area (Å²) in [4.78, 5) is 24.1. The van der Waals surface area contributed by atoms with Crippen molar-refractivity contribution >= 4 is 23.6 Å². The lowest BCUT2D eigenvalue weighted by atomic mass is 10.0. The summed E-state index contributed by atoms with van der Waals surface area (Å²) in [6.07, 6.45) is 4.67. The molecule has 5 heteroatoms. The minimum Gasteiger partial charge on any atom is -0.480 e. The Morgan fingerprint density at radius 1 is 1.36 bits per heavy atom. The van der Waals surface area contributed by atoms with Crippen LogP contribution in [0.15, 0.2) is 29.2 Å². The molecule has 2 N–H and O–H groups in total. The van der Waals surface area contributed by atoms with Crippen molar-refractivity contribution in [2.45, 2.75) is 49.7 Å². The van der Waals surface area contributed by atoms with Gasteiger partial charge in [-0.05, 0) is 43.7 Å². The van der Waals surface area contributed by atoms with Crippen LogP contribution in [0.5, 0.6) is 0 Å². The van der Waals surface area contributed by atoms with Gasteiger partial charge in [-0.1, -0.05) is 25.5 Å². The van der Waals surface area contributed by atoms with Crippen LogP contribution in [0.1, 0.15) is 49.9 Å². The van der Waals surface area contributed by atoms with E-state index in [-0.39, 0.29) is 5.91 Å². The number of carboxylic acid groups (broad SMARTS) is 1. The first-order valence-corrected chi connectivity index (χ1v) is 8.62. The Labute approximate surface area is 135 Å². The highest BCUT2D eigenvalue weighted by Crippen LogP contribution is 2.49. The van der Waals surface area contributed by atoms with Gasteiger partial charge in [0, 0.05) is 11.4 Å². The number of carbonyl (C=O) groups excluding carboxylic acids is 1. The van der Waals surface area contributed by atoms with Crippen LogP contribution in [-0.2, 0) is 4.79 Å². The third-order valence-corrected chi connectivity index (χ3v) is 5.31. The summed E-state index contributed by atoms with van der Waals surface area (Å²) < 4.78 is 0. The number of amides is 1. The van der Waals surface area contributed by atoms with E-state index in [1.54, 1.807) is 19.1 Å². The molecule has 0 aromatic heterocycles. The fraction of sp³-hybridized carbons (Fsp3) is 0.529. The number of thioether (sulfide) groups is 1. The monoisotopic (exact) mass is 321 g/mol. The van der Waals surface area contributed by atoms with Gasteiger partial charge in [0.2, 0.25) is 0 Å². The molecule has 1 aromatic rings. The Hall–Kier alpha value is -1.49. The quantitative estimate of drug-likeness (QED) is 0.718. The molecule has 1 aromatic carbocycles. The number of hydrogen-bond acceptors (Lipinski definition) is 3. The number of hydrogen-bond donors (Lipinski definition) is 2. The van der Waals surface area contributed by atoms with Crippen LogP contribution in [0.4, 0.5) is 0 Å². The van der Waals surface area contributed by atoms with Crippen molar-refractivity contribution in [3.63, 3.8) is 0 Å². The smallest absolute Gasteiger partial charge is 0.316 e. The highest BCUT2D eigenvalue weighted by Gasteiger charge is 2.41. The molecule has 1 fully saturated rings. The van der Waals surface area contributed by atoms with Gasteiger partial charge >= 0.3 is 5.97 Å². The van der Waals surface area contributed by atoms with Gasteiger partial charge in [-0.15, -0.1) is 11.8 Å². The van der Waals surface area contributed by atoms with Crippen molar-refractivity contribution < 1.29 is 14.7 Å². The summed E-state index contributed by atoms with van der Waals surface area (Å²) in [6, 6.07) is 7.19. The largest absolute Gasteiger partial charge is 0.480 e. The number of nitrogens with one attached hydrogen (secondary N) is 1. The summed E-state index contributed by atoms with van der Waals surface area (Å²) >= 11 is 1.21. The third kappa shape index (κ3) is 4.26. The van der Waals surface area contributed by atoms with Crippen LogP contribution >= 0.6 is 11.8 Å². The molecule has 0 saturated heterocycles. The van der Waals surface area contributed by atoms with Crippen LogP contribution in [-0.4, -0.2) is 28.8 Å². The minimum absolute atomic E-state index is 0.108. The zero-order chi connectivity index (χ0) is 16.2. The molecule has 120 valence electrons. The summed E-state index contributed by atoms with van der Waals surface area (Å²) in [5.41, 5.74) is 0.869. The fourth-order valence-electron chi connectivity index (χ4n) is 2.58. The molecular weight excluding hydrogens is 298 g/mol. The van der Waals surface area contributed by atoms with Gasteiger partial charge in [0.15, 0.2) is 0 Å². The normalized spacial score (nSPS) is 16.8. The van der Waals surface area contributed by atoms with Gasteiger partial charge in [0.1, 0.15) is 5.25 Å². The number of carbonyl (C=O) groups is 2. The van der Waals surface area contributed by atoms with E-state index < -0.39 is 11.2 Å². The molecule has 1 aliphatic carbocycles. The highest BCUT2D eigenvalue weighted by atomic mass is 32.2. The molecule has 0 aliphatic heterocycles. The molecule has 1 atom stereocenters. The molecule has 22 heavy (non-hydrogen) atoms. The zero-order valence-electron chi connectivity index (χ0n) is 13.1. The molecule has 2 rings (SSSR count). The van der Waals surface area contributed by atoms with E-state index >= 15 is 0 Å². The van der Waals surface area contributed by atoms with Crippen molar-refractivity contribution in [3.8, 4) is 0 Å². The number of rotatable bonds is 8. The van der Waals surface area contributed by atoms with E-state index in [4.69, 9.17) is 5.11 Å². The van der Waals surface area contributed by atoms with E-state index in [2.05, 4.69) is 12.2 Å². The second-order valence-electron chi connectivity index (χ2n) is 6.03. The molecule has 0 spiro atoms. The van der Waals surface area contributed by atoms with Gasteiger partial charge < -0.3 is 10.4 Å². The van der Waals surface area contributed by atoms with E-state index in [0.717, 1.165) is 17.7 Å². The Kier molecular flexibility index (Phi) is 5.51. The standard InChI is InChI=1S/C17H23NO3S/c1-3-8-17(9-10-17)11-18-15(19)13-6-4-5-7-14(13)22-12(2)16(20)21/h4-7,12H,3,8-11H2,1-2H3,(H,18,19)(H,20,21). The number of carboxylic acids is 1. The van der Waals surface area contributed by atoms with E-state index in [1.807, 2.05) is 12.1 Å². The van der Waals surface area contributed by atoms with Crippen LogP contribution in [0.25, 0.3) is 0 Å². The van der Waals surface area contributed by atoms with E-state index in [1.165, 1.54) is 24.6 Å². The van der Waals surface area contributed by atoms with Crippen molar-refractivity contribution in [2.75, 3.05) is 6.54 Å². The maximum absolute atomic E-state index is 12.4.